The van der Waals surface area contributed by atoms with E-state index < -0.39 is 0 Å². The summed E-state index contributed by atoms with van der Waals surface area (Å²) in [5.74, 6) is 0. The minimum atomic E-state index is 0.128. The van der Waals surface area contributed by atoms with E-state index in [0.717, 1.165) is 124 Å². The maximum absolute atomic E-state index is 6.59. The zero-order chi connectivity index (χ0) is 91.5. The minimum absolute atomic E-state index is 0.128. The fraction of sp³-hybridized carbons (Fsp3) is 0.358. The molecule has 16 heterocycles. The third-order valence-corrected chi connectivity index (χ3v) is 28.8. The number of pyridine rings is 4. The Morgan fingerprint density at radius 3 is 0.931 bits per heavy atom. The van der Waals surface area contributed by atoms with Gasteiger partial charge >= 0.3 is 0 Å². The Morgan fingerprint density at radius 1 is 0.277 bits per heavy atom. The first kappa shape index (κ1) is 85.8. The van der Waals surface area contributed by atoms with E-state index in [9.17, 15) is 0 Å². The van der Waals surface area contributed by atoms with E-state index in [1.165, 1.54) is 67.8 Å². The van der Waals surface area contributed by atoms with E-state index in [4.69, 9.17) is 27.6 Å². The lowest BCUT2D eigenvalue weighted by molar-refractivity contribution is 0.263. The fourth-order valence-corrected chi connectivity index (χ4v) is 20.8. The van der Waals surface area contributed by atoms with Crippen LogP contribution in [0.25, 0.3) is 88.3 Å². The van der Waals surface area contributed by atoms with Crippen molar-refractivity contribution in [2.45, 2.75) is 214 Å². The maximum atomic E-state index is 6.59. The number of hydrogen-bond acceptors (Lipinski definition) is 24. The molecule has 0 unspecified atom stereocenters. The van der Waals surface area contributed by atoms with E-state index in [1.807, 2.05) is 27.7 Å². The molecule has 24 nitrogen and oxygen atoms in total. The van der Waals surface area contributed by atoms with Crippen LogP contribution in [0.5, 0.6) is 0 Å². The van der Waals surface area contributed by atoms with Crippen LogP contribution in [0.4, 0.5) is 68.2 Å². The molecule has 8 aliphatic heterocycles. The van der Waals surface area contributed by atoms with Gasteiger partial charge in [0.2, 0.25) is 22.9 Å². The first-order chi connectivity index (χ1) is 62.3. The number of nitrogens with zero attached hydrogens (tertiary/aromatic N) is 20. The van der Waals surface area contributed by atoms with Crippen molar-refractivity contribution in [2.24, 2.45) is 0 Å². The molecule has 0 amide bonds. The standard InChI is InChI=1S/C31H31N5O.C27H35N5O.C25H31N5O.C23H27N5O/c1-18-15-16-22-23-17-28(35-20(3)33(5)24-11-7-9-13-26(24)35)19(2)29(30(23)37-31(22)32-18)36-21(4)34(6)25-12-8-10-14-27(25)36;1-16(2)29-11-13-31(20(29)7)24-15-23-22-10-9-18(5)28-27(22)33-26(23)25(19(24)6)32-14-12-30(17(3)4)21(32)8;1-7-27-11-13-29(18(27)5)22-15-21-20-10-9-16(3)26-25(20)31-24(21)23(17(22)4)30-14-12-28(8-2)19(30)6;1-14-7-8-18-19-13-20(27-11-9-25(5)16(27)3)15(2)21(22(19)29-23(18)24-14)28-12-10-26(6)17(28)4/h7-17,20-21H,1-6H3;9-17,20-21H,1-8H3;9-15,18-19H,7-8H2,1-6H3;7-13,16-17H,1-6H3/t2*20-,21+;18-,19+;16-,17+/m1111/s1. The Bertz CT molecular complexity index is 7010. The molecule has 8 aromatic heterocycles. The van der Waals surface area contributed by atoms with Crippen LogP contribution in [0.15, 0.2) is 213 Å². The predicted molar refractivity (Wildman–Crippen MR) is 538 cm³/mol. The number of benzene rings is 6. The molecular formula is C106H124N20O4. The van der Waals surface area contributed by atoms with Crippen LogP contribution >= 0.6 is 0 Å². The highest BCUT2D eigenvalue weighted by molar-refractivity contribution is 6.16. The summed E-state index contributed by atoms with van der Waals surface area (Å²) in [5, 5.41) is 8.65. The third-order valence-electron chi connectivity index (χ3n) is 28.8. The summed E-state index contributed by atoms with van der Waals surface area (Å²) in [6, 6.07) is 44.1. The number of anilines is 12. The molecular weight excluding hydrogens is 1620 g/mol. The molecule has 8 aliphatic rings. The number of aryl methyl sites for hydroxylation is 4. The molecule has 0 bridgehead atoms. The monoisotopic (exact) mass is 1740 g/mol. The van der Waals surface area contributed by atoms with Crippen molar-refractivity contribution in [1.29, 1.82) is 0 Å². The van der Waals surface area contributed by atoms with Gasteiger partial charge in [-0.15, -0.1) is 0 Å². The van der Waals surface area contributed by atoms with Gasteiger partial charge in [0, 0.05) is 239 Å². The highest BCUT2D eigenvalue weighted by Crippen LogP contribution is 2.55. The van der Waals surface area contributed by atoms with Gasteiger partial charge in [-0.05, 0) is 249 Å². The third kappa shape index (κ3) is 13.8. The van der Waals surface area contributed by atoms with Crippen molar-refractivity contribution in [3.05, 3.63) is 241 Å². The molecule has 0 fully saturated rings. The normalized spacial score (nSPS) is 20.5. The Labute approximate surface area is 763 Å². The lowest BCUT2D eigenvalue weighted by Crippen LogP contribution is -2.41. The van der Waals surface area contributed by atoms with Crippen LogP contribution in [-0.4, -0.2) is 152 Å². The van der Waals surface area contributed by atoms with E-state index in [0.29, 0.717) is 34.9 Å². The Kier molecular flexibility index (Phi) is 21.7. The number of para-hydroxylation sites is 4. The highest BCUT2D eigenvalue weighted by Gasteiger charge is 2.42. The Morgan fingerprint density at radius 2 is 0.562 bits per heavy atom. The first-order valence-corrected chi connectivity index (χ1v) is 46.2. The SMILES string of the molecule is CCN1C=CN(c2cc3c(oc4nc(C)ccc43)c(N3C=CN(CC)[C@@H]3C)c2C)[C@@H]1C.Cc1ccc2c(n1)oc1c(N3C=CN(C(C)C)[C@@H]3C)c(C)c(N3C=CN(C(C)C)[C@H]3C)cc12.Cc1ccc2c(n1)oc1c(N3C=CN(C)[C@@H]3C)c(C)c(N3C=CN(C)[C@H]3C)cc12.Cc1ccc2c(n1)oc1c(N3c4ccccc4N(C)[C@@H]3C)c(C)c(N3c4ccccc4N(C)[C@H]3C)cc12. The van der Waals surface area contributed by atoms with Crippen LogP contribution in [-0.2, 0) is 0 Å². The van der Waals surface area contributed by atoms with Gasteiger partial charge < -0.3 is 96.1 Å². The van der Waals surface area contributed by atoms with Gasteiger partial charge in [-0.2, -0.15) is 0 Å². The molecule has 0 saturated carbocycles. The average molecular weight is 1740 g/mol. The second kappa shape index (κ2) is 32.8. The number of hydrogen-bond donors (Lipinski definition) is 0. The van der Waals surface area contributed by atoms with Crippen LogP contribution in [0.2, 0.25) is 0 Å². The van der Waals surface area contributed by atoms with E-state index in [1.54, 1.807) is 0 Å². The summed E-state index contributed by atoms with van der Waals surface area (Å²) < 4.78 is 25.8. The lowest BCUT2D eigenvalue weighted by atomic mass is 10.0. The molecule has 6 aromatic carbocycles. The highest BCUT2D eigenvalue weighted by atomic mass is 16.4. The van der Waals surface area contributed by atoms with Crippen LogP contribution in [0.3, 0.4) is 0 Å². The average Bonchev–Trinajstić information content (AvgIpc) is 1.56. The molecule has 0 N–H and O–H groups in total. The molecule has 672 valence electrons. The molecule has 0 aliphatic carbocycles. The number of rotatable bonds is 12. The van der Waals surface area contributed by atoms with E-state index >= 15 is 0 Å². The van der Waals surface area contributed by atoms with Gasteiger partial charge in [0.1, 0.15) is 49.3 Å². The van der Waals surface area contributed by atoms with Crippen molar-refractivity contribution < 1.29 is 17.7 Å². The summed E-state index contributed by atoms with van der Waals surface area (Å²) in [5.41, 5.74) is 29.2. The zero-order valence-corrected chi connectivity index (χ0v) is 80.2. The van der Waals surface area contributed by atoms with Crippen molar-refractivity contribution in [2.75, 3.05) is 90.3 Å². The van der Waals surface area contributed by atoms with E-state index in [2.05, 4.69) is 437 Å². The summed E-state index contributed by atoms with van der Waals surface area (Å²) in [4.78, 5) is 56.3. The molecule has 0 radical (unpaired) electrons. The van der Waals surface area contributed by atoms with Crippen molar-refractivity contribution >= 4 is 157 Å². The molecule has 22 rings (SSSR count). The smallest absolute Gasteiger partial charge is 0.227 e. The summed E-state index contributed by atoms with van der Waals surface area (Å²) in [7, 11) is 8.54. The first-order valence-electron chi connectivity index (χ1n) is 46.2. The van der Waals surface area contributed by atoms with Crippen molar-refractivity contribution in [1.82, 2.24) is 49.3 Å². The lowest BCUT2D eigenvalue weighted by Gasteiger charge is -2.36. The van der Waals surface area contributed by atoms with Crippen LogP contribution in [0, 0.1) is 55.4 Å². The zero-order valence-electron chi connectivity index (χ0n) is 80.2. The van der Waals surface area contributed by atoms with Gasteiger partial charge in [-0.25, -0.2) is 19.9 Å². The molecule has 14 aromatic rings. The largest absolute Gasteiger partial charge is 0.435 e. The van der Waals surface area contributed by atoms with Gasteiger partial charge in [0.25, 0.3) is 0 Å². The van der Waals surface area contributed by atoms with Gasteiger partial charge in [-0.1, -0.05) is 24.3 Å². The summed E-state index contributed by atoms with van der Waals surface area (Å²) in [6.45, 7) is 50.1. The predicted octanol–water partition coefficient (Wildman–Crippen LogP) is 24.0. The number of furan rings is 4. The maximum Gasteiger partial charge on any atom is 0.227 e. The second-order valence-corrected chi connectivity index (χ2v) is 36.9. The second-order valence-electron chi connectivity index (χ2n) is 36.9. The van der Waals surface area contributed by atoms with Crippen LogP contribution in [0.1, 0.15) is 142 Å². The fourth-order valence-electron chi connectivity index (χ4n) is 20.8. The Balaban J connectivity index is 0.000000113. The number of aromatic nitrogens is 4. The van der Waals surface area contributed by atoms with Crippen LogP contribution < -0.4 is 49.0 Å². The summed E-state index contributed by atoms with van der Waals surface area (Å²) >= 11 is 0. The van der Waals surface area contributed by atoms with E-state index in [-0.39, 0.29) is 49.3 Å². The van der Waals surface area contributed by atoms with Crippen molar-refractivity contribution in [3.8, 4) is 0 Å². The molecule has 24 heteroatoms. The van der Waals surface area contributed by atoms with Gasteiger partial charge in [-0.3, -0.25) is 0 Å². The topological polar surface area (TPSA) is 156 Å². The Hall–Kier alpha value is -13.6. The van der Waals surface area contributed by atoms with Gasteiger partial charge in [0.05, 0.1) is 45.5 Å². The minimum Gasteiger partial charge on any atom is -0.435 e. The molecule has 130 heavy (non-hydrogen) atoms. The molecule has 0 spiro atoms. The molecule has 8 atom stereocenters. The molecule has 0 saturated heterocycles. The summed E-state index contributed by atoms with van der Waals surface area (Å²) in [6.07, 6.45) is 27.7. The number of fused-ring (bicyclic) bond motifs is 14. The quantitative estimate of drug-likeness (QED) is 0.114. The van der Waals surface area contributed by atoms with Gasteiger partial charge in [0.15, 0.2) is 22.3 Å². The van der Waals surface area contributed by atoms with Crippen molar-refractivity contribution in [3.63, 3.8) is 0 Å².